The summed E-state index contributed by atoms with van der Waals surface area (Å²) in [4.78, 5) is 0.359. The molecule has 0 heterocycles. The molecule has 0 amide bonds. The maximum atomic E-state index is 12.2. The first-order valence-electron chi connectivity index (χ1n) is 7.64. The van der Waals surface area contributed by atoms with Crippen molar-refractivity contribution in [3.63, 3.8) is 0 Å². The van der Waals surface area contributed by atoms with E-state index in [0.29, 0.717) is 22.8 Å². The van der Waals surface area contributed by atoms with Gasteiger partial charge in [0, 0.05) is 18.0 Å². The summed E-state index contributed by atoms with van der Waals surface area (Å²) < 4.78 is 27.0. The standard InChI is InChI=1S/C16H26N2O2S/c1-11(2)16(12(3)17-4)13-5-9-15(10-6-13)21(19,20)18-14-7-8-14/h5-6,9-12,14,16-18H,7-8H2,1-4H3. The van der Waals surface area contributed by atoms with Gasteiger partial charge in [0.25, 0.3) is 0 Å². The fourth-order valence-corrected chi connectivity index (χ4v) is 4.09. The van der Waals surface area contributed by atoms with E-state index >= 15 is 0 Å². The normalized spacial score (nSPS) is 18.7. The summed E-state index contributed by atoms with van der Waals surface area (Å²) in [6, 6.07) is 7.81. The lowest BCUT2D eigenvalue weighted by Gasteiger charge is -2.28. The molecule has 118 valence electrons. The maximum absolute atomic E-state index is 12.2. The molecular weight excluding hydrogens is 284 g/mol. The molecule has 1 aliphatic carbocycles. The number of hydrogen-bond donors (Lipinski definition) is 2. The van der Waals surface area contributed by atoms with Crippen LogP contribution in [0.25, 0.3) is 0 Å². The Morgan fingerprint density at radius 1 is 1.10 bits per heavy atom. The predicted octanol–water partition coefficient (Wildman–Crippen LogP) is 2.47. The molecule has 0 radical (unpaired) electrons. The van der Waals surface area contributed by atoms with E-state index in [0.717, 1.165) is 12.8 Å². The van der Waals surface area contributed by atoms with Crippen LogP contribution in [0.2, 0.25) is 0 Å². The van der Waals surface area contributed by atoms with Gasteiger partial charge in [-0.05, 0) is 50.4 Å². The van der Waals surface area contributed by atoms with Crippen LogP contribution in [-0.4, -0.2) is 27.5 Å². The van der Waals surface area contributed by atoms with Crippen molar-refractivity contribution in [2.75, 3.05) is 7.05 Å². The highest BCUT2D eigenvalue weighted by molar-refractivity contribution is 7.89. The van der Waals surface area contributed by atoms with E-state index in [4.69, 9.17) is 0 Å². The molecule has 1 aromatic carbocycles. The Hall–Kier alpha value is -0.910. The molecule has 0 saturated heterocycles. The first-order valence-corrected chi connectivity index (χ1v) is 9.13. The zero-order valence-corrected chi connectivity index (χ0v) is 14.1. The monoisotopic (exact) mass is 310 g/mol. The molecule has 2 unspecified atom stereocenters. The van der Waals surface area contributed by atoms with Crippen molar-refractivity contribution in [2.24, 2.45) is 5.92 Å². The van der Waals surface area contributed by atoms with Crippen molar-refractivity contribution >= 4 is 10.0 Å². The smallest absolute Gasteiger partial charge is 0.240 e. The number of sulfonamides is 1. The molecular formula is C16H26N2O2S. The van der Waals surface area contributed by atoms with Crippen molar-refractivity contribution < 1.29 is 8.42 Å². The van der Waals surface area contributed by atoms with Gasteiger partial charge in [-0.15, -0.1) is 0 Å². The summed E-state index contributed by atoms with van der Waals surface area (Å²) >= 11 is 0. The Labute approximate surface area is 128 Å². The van der Waals surface area contributed by atoms with E-state index in [9.17, 15) is 8.42 Å². The largest absolute Gasteiger partial charge is 0.317 e. The molecule has 1 aliphatic rings. The van der Waals surface area contributed by atoms with Gasteiger partial charge in [-0.1, -0.05) is 26.0 Å². The Kier molecular flexibility index (Phi) is 5.07. The number of likely N-dealkylation sites (N-methyl/N-ethyl adjacent to an activating group) is 1. The number of benzene rings is 1. The molecule has 1 aromatic rings. The summed E-state index contributed by atoms with van der Waals surface area (Å²) in [6.45, 7) is 6.54. The Bertz CT molecular complexity index is 562. The molecule has 0 aromatic heterocycles. The topological polar surface area (TPSA) is 58.2 Å². The average molecular weight is 310 g/mol. The second kappa shape index (κ2) is 6.46. The minimum absolute atomic E-state index is 0.141. The van der Waals surface area contributed by atoms with Crippen LogP contribution in [0.3, 0.4) is 0 Å². The van der Waals surface area contributed by atoms with E-state index in [-0.39, 0.29) is 6.04 Å². The van der Waals surface area contributed by atoms with Crippen LogP contribution < -0.4 is 10.0 Å². The minimum atomic E-state index is -3.35. The molecule has 2 rings (SSSR count). The lowest BCUT2D eigenvalue weighted by Crippen LogP contribution is -2.32. The Morgan fingerprint density at radius 2 is 1.67 bits per heavy atom. The molecule has 2 atom stereocenters. The molecule has 1 fully saturated rings. The number of rotatable bonds is 7. The van der Waals surface area contributed by atoms with Crippen LogP contribution in [0, 0.1) is 5.92 Å². The predicted molar refractivity (Wildman–Crippen MR) is 85.9 cm³/mol. The lowest BCUT2D eigenvalue weighted by atomic mass is 9.83. The summed E-state index contributed by atoms with van der Waals surface area (Å²) in [6.07, 6.45) is 1.90. The van der Waals surface area contributed by atoms with Crippen LogP contribution in [0.4, 0.5) is 0 Å². The SMILES string of the molecule is CNC(C)C(c1ccc(S(=O)(=O)NC2CC2)cc1)C(C)C. The minimum Gasteiger partial charge on any atom is -0.317 e. The van der Waals surface area contributed by atoms with Crippen LogP contribution in [-0.2, 0) is 10.0 Å². The molecule has 0 aliphatic heterocycles. The van der Waals surface area contributed by atoms with Gasteiger partial charge >= 0.3 is 0 Å². The third-order valence-corrected chi connectivity index (χ3v) is 5.72. The fourth-order valence-electron chi connectivity index (χ4n) is 2.79. The number of nitrogens with one attached hydrogen (secondary N) is 2. The van der Waals surface area contributed by atoms with Crippen LogP contribution >= 0.6 is 0 Å². The molecule has 2 N–H and O–H groups in total. The summed E-state index contributed by atoms with van der Waals surface area (Å²) in [5.41, 5.74) is 1.18. The van der Waals surface area contributed by atoms with Crippen LogP contribution in [0.1, 0.15) is 45.1 Å². The van der Waals surface area contributed by atoms with Crippen molar-refractivity contribution in [3.05, 3.63) is 29.8 Å². The third kappa shape index (κ3) is 4.05. The average Bonchev–Trinajstić information content (AvgIpc) is 3.22. The van der Waals surface area contributed by atoms with E-state index in [2.05, 4.69) is 30.8 Å². The van der Waals surface area contributed by atoms with E-state index in [1.54, 1.807) is 12.1 Å². The van der Waals surface area contributed by atoms with Crippen LogP contribution in [0.15, 0.2) is 29.2 Å². The van der Waals surface area contributed by atoms with E-state index in [1.165, 1.54) is 5.56 Å². The second-order valence-electron chi connectivity index (χ2n) is 6.31. The van der Waals surface area contributed by atoms with Crippen LogP contribution in [0.5, 0.6) is 0 Å². The fraction of sp³-hybridized carbons (Fsp3) is 0.625. The lowest BCUT2D eigenvalue weighted by molar-refractivity contribution is 0.395. The number of hydrogen-bond acceptors (Lipinski definition) is 3. The zero-order chi connectivity index (χ0) is 15.6. The van der Waals surface area contributed by atoms with Crippen molar-refractivity contribution in [3.8, 4) is 0 Å². The van der Waals surface area contributed by atoms with Gasteiger partial charge in [-0.3, -0.25) is 0 Å². The summed E-state index contributed by atoms with van der Waals surface area (Å²) in [5.74, 6) is 0.850. The molecule has 4 nitrogen and oxygen atoms in total. The summed E-state index contributed by atoms with van der Waals surface area (Å²) in [7, 11) is -1.39. The van der Waals surface area contributed by atoms with Gasteiger partial charge in [0.15, 0.2) is 0 Å². The first-order chi connectivity index (χ1) is 9.85. The van der Waals surface area contributed by atoms with Crippen molar-refractivity contribution in [1.29, 1.82) is 0 Å². The highest BCUT2D eigenvalue weighted by Gasteiger charge is 2.28. The maximum Gasteiger partial charge on any atom is 0.240 e. The molecule has 5 heteroatoms. The van der Waals surface area contributed by atoms with Gasteiger partial charge in [-0.25, -0.2) is 13.1 Å². The highest BCUT2D eigenvalue weighted by Crippen LogP contribution is 2.29. The van der Waals surface area contributed by atoms with E-state index in [1.807, 2.05) is 19.2 Å². The quantitative estimate of drug-likeness (QED) is 0.813. The zero-order valence-electron chi connectivity index (χ0n) is 13.3. The molecule has 1 saturated carbocycles. The molecule has 0 bridgehead atoms. The second-order valence-corrected chi connectivity index (χ2v) is 8.03. The highest BCUT2D eigenvalue weighted by atomic mass is 32.2. The van der Waals surface area contributed by atoms with Gasteiger partial charge in [0.1, 0.15) is 0 Å². The first kappa shape index (κ1) is 16.5. The molecule has 21 heavy (non-hydrogen) atoms. The molecule has 0 spiro atoms. The van der Waals surface area contributed by atoms with Gasteiger partial charge in [0.2, 0.25) is 10.0 Å². The van der Waals surface area contributed by atoms with E-state index < -0.39 is 10.0 Å². The van der Waals surface area contributed by atoms with Crippen molar-refractivity contribution in [1.82, 2.24) is 10.0 Å². The van der Waals surface area contributed by atoms with Gasteiger partial charge in [-0.2, -0.15) is 0 Å². The third-order valence-electron chi connectivity index (χ3n) is 4.19. The van der Waals surface area contributed by atoms with Gasteiger partial charge < -0.3 is 5.32 Å². The van der Waals surface area contributed by atoms with Gasteiger partial charge in [0.05, 0.1) is 4.90 Å². The van der Waals surface area contributed by atoms with Crippen molar-refractivity contribution in [2.45, 2.75) is 56.5 Å². The summed E-state index contributed by atoms with van der Waals surface area (Å²) in [5, 5.41) is 3.29. The Morgan fingerprint density at radius 3 is 2.10 bits per heavy atom. The Balaban J connectivity index is 2.20.